The van der Waals surface area contributed by atoms with Gasteiger partial charge in [-0.25, -0.2) is 9.97 Å². The predicted octanol–water partition coefficient (Wildman–Crippen LogP) is 0.857. The highest BCUT2D eigenvalue weighted by Crippen LogP contribution is 2.19. The molecule has 0 aliphatic rings. The Morgan fingerprint density at radius 2 is 2.11 bits per heavy atom. The molecule has 1 heterocycles. The molecule has 0 radical (unpaired) electrons. The average Bonchev–Trinajstić information content (AvgIpc) is 2.38. The molecule has 0 saturated heterocycles. The Bertz CT molecular complexity index is 605. The summed E-state index contributed by atoms with van der Waals surface area (Å²) in [6.45, 7) is 0. The van der Waals surface area contributed by atoms with Crippen LogP contribution in [0.1, 0.15) is 5.82 Å². The van der Waals surface area contributed by atoms with E-state index < -0.39 is 12.0 Å². The predicted molar refractivity (Wildman–Crippen MR) is 75.7 cm³/mol. The zero-order valence-corrected chi connectivity index (χ0v) is 10.9. The molecule has 1 aromatic heterocycles. The Morgan fingerprint density at radius 3 is 2.84 bits per heavy atom. The van der Waals surface area contributed by atoms with Crippen molar-refractivity contribution in [3.8, 4) is 0 Å². The summed E-state index contributed by atoms with van der Waals surface area (Å²) >= 11 is 1.37. The van der Waals surface area contributed by atoms with Crippen molar-refractivity contribution < 1.29 is 9.90 Å². The van der Waals surface area contributed by atoms with Gasteiger partial charge >= 0.3 is 5.97 Å². The van der Waals surface area contributed by atoms with Crippen molar-refractivity contribution in [1.82, 2.24) is 9.97 Å². The van der Waals surface area contributed by atoms with E-state index in [9.17, 15) is 4.79 Å². The van der Waals surface area contributed by atoms with E-state index in [1.54, 1.807) is 0 Å². The molecule has 0 amide bonds. The smallest absolute Gasteiger partial charge is 0.321 e. The molecule has 0 unspecified atom stereocenters. The summed E-state index contributed by atoms with van der Waals surface area (Å²) in [7, 11) is 0. The minimum atomic E-state index is -1.01. The van der Waals surface area contributed by atoms with Crippen LogP contribution in [0.2, 0.25) is 0 Å². The molecule has 5 N–H and O–H groups in total. The second-order valence-corrected chi connectivity index (χ2v) is 5.03. The van der Waals surface area contributed by atoms with Crippen molar-refractivity contribution in [3.05, 3.63) is 30.1 Å². The third-order valence-electron chi connectivity index (χ3n) is 2.52. The monoisotopic (exact) mass is 278 g/mol. The van der Waals surface area contributed by atoms with Crippen molar-refractivity contribution >= 4 is 34.5 Å². The molecule has 1 aromatic carbocycles. The lowest BCUT2D eigenvalue weighted by molar-refractivity contribution is -0.137. The van der Waals surface area contributed by atoms with Crippen LogP contribution < -0.4 is 11.5 Å². The number of nitrogens with two attached hydrogens (primary N) is 2. The number of hydrogen-bond acceptors (Lipinski definition) is 6. The first-order chi connectivity index (χ1) is 9.08. The number of aromatic nitrogens is 2. The fraction of sp³-hybridized carbons (Fsp3) is 0.250. The van der Waals surface area contributed by atoms with Crippen LogP contribution in [0.25, 0.3) is 10.9 Å². The summed E-state index contributed by atoms with van der Waals surface area (Å²) in [5, 5.41) is 9.49. The number of anilines is 1. The third-order valence-corrected chi connectivity index (χ3v) is 3.58. The molecular formula is C12H14N4O2S. The van der Waals surface area contributed by atoms with E-state index in [4.69, 9.17) is 16.6 Å². The first-order valence-electron chi connectivity index (χ1n) is 5.65. The van der Waals surface area contributed by atoms with Crippen molar-refractivity contribution in [2.75, 3.05) is 11.5 Å². The maximum Gasteiger partial charge on any atom is 0.321 e. The second-order valence-electron chi connectivity index (χ2n) is 4.00. The molecule has 0 fully saturated rings. The van der Waals surface area contributed by atoms with E-state index in [2.05, 4.69) is 9.97 Å². The zero-order valence-electron chi connectivity index (χ0n) is 10.1. The molecule has 19 heavy (non-hydrogen) atoms. The van der Waals surface area contributed by atoms with Crippen molar-refractivity contribution in [2.24, 2.45) is 5.73 Å². The first kappa shape index (κ1) is 13.6. The normalized spacial score (nSPS) is 12.5. The summed E-state index contributed by atoms with van der Waals surface area (Å²) in [4.78, 5) is 19.2. The van der Waals surface area contributed by atoms with Gasteiger partial charge in [0.1, 0.15) is 17.7 Å². The Labute approximate surface area is 114 Å². The number of aliphatic carboxylic acids is 1. The van der Waals surface area contributed by atoms with E-state index in [1.807, 2.05) is 24.3 Å². The number of nitrogens with zero attached hydrogens (tertiary/aromatic N) is 2. The molecule has 7 heteroatoms. The third kappa shape index (κ3) is 3.33. The van der Waals surface area contributed by atoms with E-state index >= 15 is 0 Å². The number of thioether (sulfide) groups is 1. The minimum Gasteiger partial charge on any atom is -0.480 e. The van der Waals surface area contributed by atoms with Gasteiger partial charge in [0.25, 0.3) is 0 Å². The van der Waals surface area contributed by atoms with E-state index in [1.165, 1.54) is 11.8 Å². The lowest BCUT2D eigenvalue weighted by atomic mass is 10.2. The quantitative estimate of drug-likeness (QED) is 0.742. The van der Waals surface area contributed by atoms with E-state index in [-0.39, 0.29) is 0 Å². The average molecular weight is 278 g/mol. The number of rotatable bonds is 5. The van der Waals surface area contributed by atoms with Gasteiger partial charge in [-0.1, -0.05) is 12.1 Å². The van der Waals surface area contributed by atoms with Crippen LogP contribution >= 0.6 is 11.8 Å². The Balaban J connectivity index is 2.07. The van der Waals surface area contributed by atoms with Gasteiger partial charge in [0.15, 0.2) is 0 Å². The van der Waals surface area contributed by atoms with Crippen LogP contribution in [0, 0.1) is 0 Å². The largest absolute Gasteiger partial charge is 0.480 e. The maximum atomic E-state index is 10.6. The van der Waals surface area contributed by atoms with E-state index in [0.717, 1.165) is 10.9 Å². The van der Waals surface area contributed by atoms with Crippen LogP contribution in [0.4, 0.5) is 5.82 Å². The van der Waals surface area contributed by atoms with Gasteiger partial charge in [0, 0.05) is 11.1 Å². The Morgan fingerprint density at radius 1 is 1.37 bits per heavy atom. The number of carboxylic acid groups (broad SMARTS) is 1. The lowest BCUT2D eigenvalue weighted by Gasteiger charge is -2.07. The maximum absolute atomic E-state index is 10.6. The number of nitrogen functional groups attached to an aromatic ring is 1. The highest BCUT2D eigenvalue weighted by atomic mass is 32.2. The van der Waals surface area contributed by atoms with Crippen LogP contribution in [-0.4, -0.2) is 32.8 Å². The van der Waals surface area contributed by atoms with Gasteiger partial charge in [-0.05, 0) is 12.1 Å². The van der Waals surface area contributed by atoms with Crippen LogP contribution in [0.3, 0.4) is 0 Å². The summed E-state index contributed by atoms with van der Waals surface area (Å²) < 4.78 is 0. The first-order valence-corrected chi connectivity index (χ1v) is 6.80. The van der Waals surface area contributed by atoms with Gasteiger partial charge in [0.05, 0.1) is 11.3 Å². The van der Waals surface area contributed by atoms with Gasteiger partial charge < -0.3 is 16.6 Å². The Kier molecular flexibility index (Phi) is 4.18. The number of carbonyl (C=O) groups is 1. The number of hydrogen-bond donors (Lipinski definition) is 3. The van der Waals surface area contributed by atoms with Crippen molar-refractivity contribution in [2.45, 2.75) is 11.8 Å². The van der Waals surface area contributed by atoms with Crippen LogP contribution in [-0.2, 0) is 10.5 Å². The molecule has 6 nitrogen and oxygen atoms in total. The fourth-order valence-corrected chi connectivity index (χ4v) is 2.39. The highest BCUT2D eigenvalue weighted by Gasteiger charge is 2.12. The minimum absolute atomic E-state index is 0.311. The Hall–Kier alpha value is -1.86. The number of para-hydroxylation sites is 1. The van der Waals surface area contributed by atoms with Crippen LogP contribution in [0.5, 0.6) is 0 Å². The lowest BCUT2D eigenvalue weighted by Crippen LogP contribution is -2.32. The number of fused-ring (bicyclic) bond motifs is 1. The SMILES string of the molecule is Nc1nc(CSC[C@@H](N)C(=O)O)nc2ccccc12. The number of carboxylic acids is 1. The summed E-state index contributed by atoms with van der Waals surface area (Å²) in [5.74, 6) is 0.801. The van der Waals surface area contributed by atoms with Crippen molar-refractivity contribution in [3.63, 3.8) is 0 Å². The summed E-state index contributed by atoms with van der Waals surface area (Å²) in [6.07, 6.45) is 0. The molecule has 0 saturated carbocycles. The molecule has 0 aliphatic carbocycles. The van der Waals surface area contributed by atoms with Crippen LogP contribution in [0.15, 0.2) is 24.3 Å². The second kappa shape index (κ2) is 5.85. The van der Waals surface area contributed by atoms with Gasteiger partial charge in [-0.3, -0.25) is 4.79 Å². The summed E-state index contributed by atoms with van der Waals surface area (Å²) in [6, 6.07) is 6.61. The molecule has 1 atom stereocenters. The molecule has 0 bridgehead atoms. The zero-order chi connectivity index (χ0) is 13.8. The topological polar surface area (TPSA) is 115 Å². The van der Waals surface area contributed by atoms with Gasteiger partial charge in [-0.15, -0.1) is 0 Å². The fourth-order valence-electron chi connectivity index (χ4n) is 1.56. The molecule has 100 valence electrons. The van der Waals surface area contributed by atoms with Gasteiger partial charge in [0.2, 0.25) is 0 Å². The molecule has 0 aliphatic heterocycles. The van der Waals surface area contributed by atoms with Gasteiger partial charge in [-0.2, -0.15) is 11.8 Å². The number of benzene rings is 1. The standard InChI is InChI=1S/C12H14N4O2S/c13-8(12(17)18)5-19-6-10-15-9-4-2-1-3-7(9)11(14)16-10/h1-4,8H,5-6,13H2,(H,17,18)(H2,14,15,16)/t8-/m1/s1. The molecule has 2 aromatic rings. The summed E-state index contributed by atoms with van der Waals surface area (Å²) in [5.41, 5.74) is 12.1. The van der Waals surface area contributed by atoms with Crippen molar-refractivity contribution in [1.29, 1.82) is 0 Å². The molecular weight excluding hydrogens is 264 g/mol. The van der Waals surface area contributed by atoms with E-state index in [0.29, 0.717) is 23.1 Å². The molecule has 2 rings (SSSR count). The molecule has 0 spiro atoms. The highest BCUT2D eigenvalue weighted by molar-refractivity contribution is 7.98.